The largest absolute Gasteiger partial charge is 0.317 e. The molecule has 0 aliphatic heterocycles. The lowest BCUT2D eigenvalue weighted by molar-refractivity contribution is -0.133. The summed E-state index contributed by atoms with van der Waals surface area (Å²) < 4.78 is 39.5. The zero-order valence-electron chi connectivity index (χ0n) is 13.3. The summed E-state index contributed by atoms with van der Waals surface area (Å²) in [5, 5.41) is 4.35. The standard InChI is InChI=1S/C17H15F3N2O2/c1-8-6-9(2)15(10(3)7-8)22-17(24)16(23)21-12-5-4-11(18)13(19)14(12)20/h4-7H,1-3H3,(H,21,23)(H,22,24). The Morgan fingerprint density at radius 3 is 1.96 bits per heavy atom. The van der Waals surface area contributed by atoms with Crippen molar-refractivity contribution < 1.29 is 22.8 Å². The van der Waals surface area contributed by atoms with Gasteiger partial charge in [0.1, 0.15) is 0 Å². The summed E-state index contributed by atoms with van der Waals surface area (Å²) in [6.07, 6.45) is 0. The van der Waals surface area contributed by atoms with Gasteiger partial charge in [0, 0.05) is 5.69 Å². The Hall–Kier alpha value is -2.83. The quantitative estimate of drug-likeness (QED) is 0.650. The first kappa shape index (κ1) is 17.5. The summed E-state index contributed by atoms with van der Waals surface area (Å²) in [6.45, 7) is 5.43. The van der Waals surface area contributed by atoms with E-state index in [4.69, 9.17) is 0 Å². The number of benzene rings is 2. The summed E-state index contributed by atoms with van der Waals surface area (Å²) in [5.74, 6) is -6.92. The number of halogens is 3. The lowest BCUT2D eigenvalue weighted by atomic mass is 10.1. The Bertz CT molecular complexity index is 812. The number of anilines is 2. The number of hydrogen-bond donors (Lipinski definition) is 2. The van der Waals surface area contributed by atoms with Crippen molar-refractivity contribution >= 4 is 23.2 Å². The highest BCUT2D eigenvalue weighted by Gasteiger charge is 2.20. The van der Waals surface area contributed by atoms with E-state index in [1.807, 2.05) is 24.4 Å². The van der Waals surface area contributed by atoms with E-state index in [2.05, 4.69) is 5.32 Å². The van der Waals surface area contributed by atoms with Crippen LogP contribution in [0.2, 0.25) is 0 Å². The molecule has 0 radical (unpaired) electrons. The van der Waals surface area contributed by atoms with Gasteiger partial charge < -0.3 is 10.6 Å². The molecular formula is C17H15F3N2O2. The third-order valence-electron chi connectivity index (χ3n) is 3.41. The molecular weight excluding hydrogens is 321 g/mol. The SMILES string of the molecule is Cc1cc(C)c(NC(=O)C(=O)Nc2ccc(F)c(F)c2F)c(C)c1. The van der Waals surface area contributed by atoms with Crippen molar-refractivity contribution in [2.24, 2.45) is 0 Å². The second-order valence-corrected chi connectivity index (χ2v) is 5.40. The smallest absolute Gasteiger partial charge is 0.314 e. The predicted octanol–water partition coefficient (Wildman–Crippen LogP) is 3.61. The van der Waals surface area contributed by atoms with E-state index >= 15 is 0 Å². The van der Waals surface area contributed by atoms with Crippen molar-refractivity contribution in [3.8, 4) is 0 Å². The van der Waals surface area contributed by atoms with Gasteiger partial charge in [-0.3, -0.25) is 9.59 Å². The van der Waals surface area contributed by atoms with Crippen molar-refractivity contribution in [1.29, 1.82) is 0 Å². The first-order valence-electron chi connectivity index (χ1n) is 7.04. The zero-order chi connectivity index (χ0) is 18.0. The second-order valence-electron chi connectivity index (χ2n) is 5.40. The highest BCUT2D eigenvalue weighted by Crippen LogP contribution is 2.22. The molecule has 0 saturated heterocycles. The number of hydrogen-bond acceptors (Lipinski definition) is 2. The number of amides is 2. The average Bonchev–Trinajstić information content (AvgIpc) is 2.51. The van der Waals surface area contributed by atoms with Gasteiger partial charge in [0.25, 0.3) is 0 Å². The second kappa shape index (κ2) is 6.74. The number of carbonyl (C=O) groups excluding carboxylic acids is 2. The molecule has 2 aromatic rings. The molecule has 2 rings (SSSR count). The molecule has 0 heterocycles. The number of aryl methyl sites for hydroxylation is 3. The first-order chi connectivity index (χ1) is 11.2. The van der Waals surface area contributed by atoms with E-state index in [0.717, 1.165) is 22.8 Å². The van der Waals surface area contributed by atoms with Crippen LogP contribution >= 0.6 is 0 Å². The number of carbonyl (C=O) groups is 2. The summed E-state index contributed by atoms with van der Waals surface area (Å²) in [7, 11) is 0. The van der Waals surface area contributed by atoms with E-state index in [1.165, 1.54) is 0 Å². The fraction of sp³-hybridized carbons (Fsp3) is 0.176. The van der Waals surface area contributed by atoms with Crippen LogP contribution in [0.4, 0.5) is 24.5 Å². The van der Waals surface area contributed by atoms with Crippen molar-refractivity contribution in [2.75, 3.05) is 10.6 Å². The van der Waals surface area contributed by atoms with Crippen molar-refractivity contribution in [3.63, 3.8) is 0 Å². The normalized spacial score (nSPS) is 10.4. The first-order valence-corrected chi connectivity index (χ1v) is 7.04. The molecule has 0 atom stereocenters. The predicted molar refractivity (Wildman–Crippen MR) is 84.2 cm³/mol. The Balaban J connectivity index is 2.17. The fourth-order valence-electron chi connectivity index (χ4n) is 2.35. The fourth-order valence-corrected chi connectivity index (χ4v) is 2.35. The van der Waals surface area contributed by atoms with Crippen LogP contribution in [0.5, 0.6) is 0 Å². The van der Waals surface area contributed by atoms with Crippen molar-refractivity contribution in [1.82, 2.24) is 0 Å². The molecule has 2 N–H and O–H groups in total. The maximum Gasteiger partial charge on any atom is 0.314 e. The van der Waals surface area contributed by atoms with Gasteiger partial charge in [0.15, 0.2) is 17.5 Å². The van der Waals surface area contributed by atoms with Crippen LogP contribution in [-0.4, -0.2) is 11.8 Å². The van der Waals surface area contributed by atoms with Gasteiger partial charge in [-0.05, 0) is 44.0 Å². The van der Waals surface area contributed by atoms with Crippen molar-refractivity contribution in [3.05, 3.63) is 58.4 Å². The van der Waals surface area contributed by atoms with Crippen LogP contribution < -0.4 is 10.6 Å². The van der Waals surface area contributed by atoms with Crippen LogP contribution in [0.25, 0.3) is 0 Å². The molecule has 0 aromatic heterocycles. The molecule has 4 nitrogen and oxygen atoms in total. The van der Waals surface area contributed by atoms with Gasteiger partial charge in [-0.2, -0.15) is 0 Å². The Labute approximate surface area is 136 Å². The monoisotopic (exact) mass is 336 g/mol. The molecule has 7 heteroatoms. The highest BCUT2D eigenvalue weighted by molar-refractivity contribution is 6.43. The minimum Gasteiger partial charge on any atom is -0.317 e. The molecule has 126 valence electrons. The summed E-state index contributed by atoms with van der Waals surface area (Å²) in [5.41, 5.74) is 2.36. The summed E-state index contributed by atoms with van der Waals surface area (Å²) in [6, 6.07) is 5.15. The van der Waals surface area contributed by atoms with Gasteiger partial charge in [-0.15, -0.1) is 0 Å². The molecule has 2 aromatic carbocycles. The molecule has 0 bridgehead atoms. The van der Waals surface area contributed by atoms with E-state index in [1.54, 1.807) is 13.8 Å². The molecule has 0 spiro atoms. The topological polar surface area (TPSA) is 58.2 Å². The van der Waals surface area contributed by atoms with Gasteiger partial charge in [-0.1, -0.05) is 17.7 Å². The van der Waals surface area contributed by atoms with E-state index in [9.17, 15) is 22.8 Å². The summed E-state index contributed by atoms with van der Waals surface area (Å²) in [4.78, 5) is 23.8. The third-order valence-corrected chi connectivity index (χ3v) is 3.41. The van der Waals surface area contributed by atoms with Crippen LogP contribution in [0.3, 0.4) is 0 Å². The highest BCUT2D eigenvalue weighted by atomic mass is 19.2. The van der Waals surface area contributed by atoms with Crippen molar-refractivity contribution in [2.45, 2.75) is 20.8 Å². The Morgan fingerprint density at radius 1 is 0.833 bits per heavy atom. The van der Waals surface area contributed by atoms with Gasteiger partial charge in [0.05, 0.1) is 5.69 Å². The molecule has 0 saturated carbocycles. The molecule has 24 heavy (non-hydrogen) atoms. The molecule has 2 amide bonds. The van der Waals surface area contributed by atoms with Gasteiger partial charge in [0.2, 0.25) is 0 Å². The van der Waals surface area contributed by atoms with Gasteiger partial charge >= 0.3 is 11.8 Å². The van der Waals surface area contributed by atoms with E-state index in [-0.39, 0.29) is 0 Å². The molecule has 0 unspecified atom stereocenters. The molecule has 0 aliphatic carbocycles. The average molecular weight is 336 g/mol. The van der Waals surface area contributed by atoms with Crippen LogP contribution in [0.1, 0.15) is 16.7 Å². The molecule has 0 fully saturated rings. The number of nitrogens with one attached hydrogen (secondary N) is 2. The third kappa shape index (κ3) is 3.56. The Morgan fingerprint density at radius 2 is 1.38 bits per heavy atom. The minimum atomic E-state index is -1.72. The zero-order valence-corrected chi connectivity index (χ0v) is 13.3. The van der Waals surface area contributed by atoms with Crippen LogP contribution in [0.15, 0.2) is 24.3 Å². The molecule has 0 aliphatic rings. The van der Waals surface area contributed by atoms with E-state index < -0.39 is 35.0 Å². The van der Waals surface area contributed by atoms with Crippen LogP contribution in [-0.2, 0) is 9.59 Å². The summed E-state index contributed by atoms with van der Waals surface area (Å²) >= 11 is 0. The van der Waals surface area contributed by atoms with Crippen LogP contribution in [0, 0.1) is 38.2 Å². The maximum atomic E-state index is 13.5. The number of rotatable bonds is 2. The van der Waals surface area contributed by atoms with Gasteiger partial charge in [-0.25, -0.2) is 13.2 Å². The minimum absolute atomic E-state index is 0.464. The lowest BCUT2D eigenvalue weighted by Crippen LogP contribution is -2.30. The van der Waals surface area contributed by atoms with E-state index in [0.29, 0.717) is 11.8 Å². The lowest BCUT2D eigenvalue weighted by Gasteiger charge is -2.13. The maximum absolute atomic E-state index is 13.5. The Kier molecular flexibility index (Phi) is 4.92.